The van der Waals surface area contributed by atoms with Crippen LogP contribution in [0.3, 0.4) is 0 Å². The van der Waals surface area contributed by atoms with E-state index < -0.39 is 0 Å². The summed E-state index contributed by atoms with van der Waals surface area (Å²) >= 11 is 0. The molecule has 1 amide bonds. The fraction of sp³-hybridized carbons (Fsp3) is 0.391. The monoisotopic (exact) mass is 417 g/mol. The van der Waals surface area contributed by atoms with E-state index in [-0.39, 0.29) is 24.0 Å². The van der Waals surface area contributed by atoms with Crippen LogP contribution in [0, 0.1) is 11.3 Å². The summed E-state index contributed by atoms with van der Waals surface area (Å²) in [5.41, 5.74) is 10.0. The molecule has 31 heavy (non-hydrogen) atoms. The maximum atomic E-state index is 13.0. The normalized spacial score (nSPS) is 18.7. The van der Waals surface area contributed by atoms with Gasteiger partial charge in [0.25, 0.3) is 5.91 Å². The molecule has 1 aliphatic rings. The lowest BCUT2D eigenvalue weighted by molar-refractivity contribution is 0.0926. The molecule has 0 atom stereocenters. The Hall–Kier alpha value is -3.44. The SMILES string of the molecule is CC(C)Nc1cc(-c2ccc3cc(C#N)cnn23)ncc1C(=O)N[C@H]1CC[C@H](N)CC1. The number of anilines is 1. The Morgan fingerprint density at radius 3 is 2.71 bits per heavy atom. The zero-order valence-electron chi connectivity index (χ0n) is 17.8. The van der Waals surface area contributed by atoms with Crippen LogP contribution in [0.2, 0.25) is 0 Å². The maximum Gasteiger partial charge on any atom is 0.255 e. The Balaban J connectivity index is 1.64. The van der Waals surface area contributed by atoms with E-state index in [9.17, 15) is 4.79 Å². The van der Waals surface area contributed by atoms with Crippen LogP contribution in [0.4, 0.5) is 5.69 Å². The second kappa shape index (κ2) is 8.74. The zero-order valence-corrected chi connectivity index (χ0v) is 17.8. The van der Waals surface area contributed by atoms with Crippen molar-refractivity contribution in [2.75, 3.05) is 5.32 Å². The summed E-state index contributed by atoms with van der Waals surface area (Å²) in [6, 6.07) is 10.1. The van der Waals surface area contributed by atoms with Gasteiger partial charge in [-0.2, -0.15) is 10.4 Å². The lowest BCUT2D eigenvalue weighted by atomic mass is 9.91. The smallest absolute Gasteiger partial charge is 0.255 e. The van der Waals surface area contributed by atoms with Gasteiger partial charge in [0.15, 0.2) is 0 Å². The molecule has 3 heterocycles. The van der Waals surface area contributed by atoms with Crippen LogP contribution in [-0.4, -0.2) is 38.6 Å². The number of nitriles is 1. The number of aromatic nitrogens is 3. The Morgan fingerprint density at radius 1 is 1.23 bits per heavy atom. The van der Waals surface area contributed by atoms with Gasteiger partial charge >= 0.3 is 0 Å². The number of hydrogen-bond acceptors (Lipinski definition) is 6. The first-order valence-corrected chi connectivity index (χ1v) is 10.7. The summed E-state index contributed by atoms with van der Waals surface area (Å²) in [6.07, 6.45) is 6.81. The van der Waals surface area contributed by atoms with Crippen LogP contribution in [0.25, 0.3) is 16.9 Å². The molecule has 0 unspecified atom stereocenters. The molecule has 3 aromatic heterocycles. The van der Waals surface area contributed by atoms with Gasteiger partial charge in [-0.3, -0.25) is 9.78 Å². The second-order valence-electron chi connectivity index (χ2n) is 8.41. The molecule has 0 aromatic carbocycles. The Kier molecular flexibility index (Phi) is 5.87. The average Bonchev–Trinajstić information content (AvgIpc) is 3.18. The molecule has 3 aromatic rings. The first-order chi connectivity index (χ1) is 14.9. The molecule has 0 aliphatic heterocycles. The number of nitrogens with two attached hydrogens (primary N) is 1. The van der Waals surface area contributed by atoms with Crippen molar-refractivity contribution < 1.29 is 4.79 Å². The molecule has 4 N–H and O–H groups in total. The lowest BCUT2D eigenvalue weighted by Crippen LogP contribution is -2.40. The predicted octanol–water partition coefficient (Wildman–Crippen LogP) is 3.09. The van der Waals surface area contributed by atoms with Crippen molar-refractivity contribution in [1.29, 1.82) is 5.26 Å². The van der Waals surface area contributed by atoms with Crippen LogP contribution in [-0.2, 0) is 0 Å². The minimum Gasteiger partial charge on any atom is -0.382 e. The standard InChI is InChI=1S/C23H27N7O/c1-14(2)28-20-10-21(22-8-7-18-9-15(11-24)12-27-30(18)22)26-13-19(20)23(31)29-17-5-3-16(25)4-6-17/h7-10,12-14,16-17H,3-6,25H2,1-2H3,(H,26,28)(H,29,31)/t16-,17-. The number of rotatable bonds is 5. The van der Waals surface area contributed by atoms with Crippen LogP contribution in [0.5, 0.6) is 0 Å². The quantitative estimate of drug-likeness (QED) is 0.586. The molecule has 1 fully saturated rings. The highest BCUT2D eigenvalue weighted by Gasteiger charge is 2.23. The van der Waals surface area contributed by atoms with Crippen molar-refractivity contribution in [3.63, 3.8) is 0 Å². The summed E-state index contributed by atoms with van der Waals surface area (Å²) in [5.74, 6) is -0.125. The largest absolute Gasteiger partial charge is 0.382 e. The molecular formula is C23H27N7O. The van der Waals surface area contributed by atoms with Crippen LogP contribution >= 0.6 is 0 Å². The van der Waals surface area contributed by atoms with E-state index in [1.54, 1.807) is 16.8 Å². The molecular weight excluding hydrogens is 390 g/mol. The number of carbonyl (C=O) groups is 1. The first kappa shape index (κ1) is 20.8. The van der Waals surface area contributed by atoms with Crippen molar-refractivity contribution in [2.24, 2.45) is 5.73 Å². The molecule has 160 valence electrons. The minimum absolute atomic E-state index is 0.125. The van der Waals surface area contributed by atoms with Crippen LogP contribution in [0.1, 0.15) is 55.5 Å². The topological polar surface area (TPSA) is 121 Å². The number of carbonyl (C=O) groups excluding carboxylic acids is 1. The number of nitrogens with zero attached hydrogens (tertiary/aromatic N) is 4. The van der Waals surface area contributed by atoms with Crippen molar-refractivity contribution in [2.45, 2.75) is 57.7 Å². The lowest BCUT2D eigenvalue weighted by Gasteiger charge is -2.27. The van der Waals surface area contributed by atoms with E-state index in [4.69, 9.17) is 11.0 Å². The third-order valence-electron chi connectivity index (χ3n) is 5.59. The highest BCUT2D eigenvalue weighted by atomic mass is 16.1. The number of nitrogens with one attached hydrogen (secondary N) is 2. The van der Waals surface area contributed by atoms with Gasteiger partial charge in [0.2, 0.25) is 0 Å². The van der Waals surface area contributed by atoms with Crippen molar-refractivity contribution in [3.05, 3.63) is 47.8 Å². The number of pyridine rings is 1. The summed E-state index contributed by atoms with van der Waals surface area (Å²) in [7, 11) is 0. The fourth-order valence-electron chi connectivity index (χ4n) is 3.99. The predicted molar refractivity (Wildman–Crippen MR) is 120 cm³/mol. The van der Waals surface area contributed by atoms with Crippen molar-refractivity contribution in [1.82, 2.24) is 19.9 Å². The summed E-state index contributed by atoms with van der Waals surface area (Å²) in [5, 5.41) is 20.0. The second-order valence-corrected chi connectivity index (χ2v) is 8.41. The number of amides is 1. The molecule has 0 spiro atoms. The van der Waals surface area contributed by atoms with Gasteiger partial charge < -0.3 is 16.4 Å². The van der Waals surface area contributed by atoms with E-state index >= 15 is 0 Å². The Morgan fingerprint density at radius 2 is 2.00 bits per heavy atom. The van der Waals surface area contributed by atoms with Gasteiger partial charge in [0.1, 0.15) is 6.07 Å². The summed E-state index contributed by atoms with van der Waals surface area (Å²) in [6.45, 7) is 4.06. The van der Waals surface area contributed by atoms with Crippen molar-refractivity contribution in [3.8, 4) is 17.5 Å². The molecule has 0 saturated heterocycles. The van der Waals surface area contributed by atoms with E-state index in [0.717, 1.165) is 42.6 Å². The molecule has 4 rings (SSSR count). The average molecular weight is 418 g/mol. The van der Waals surface area contributed by atoms with Crippen LogP contribution in [0.15, 0.2) is 36.7 Å². The fourth-order valence-corrected chi connectivity index (χ4v) is 3.99. The van der Waals surface area contributed by atoms with Gasteiger partial charge in [0.05, 0.1) is 39.9 Å². The van der Waals surface area contributed by atoms with E-state index in [2.05, 4.69) is 26.8 Å². The summed E-state index contributed by atoms with van der Waals surface area (Å²) < 4.78 is 1.74. The molecule has 8 nitrogen and oxygen atoms in total. The highest BCUT2D eigenvalue weighted by molar-refractivity contribution is 6.00. The summed E-state index contributed by atoms with van der Waals surface area (Å²) in [4.78, 5) is 17.6. The molecule has 1 saturated carbocycles. The highest BCUT2D eigenvalue weighted by Crippen LogP contribution is 2.26. The Bertz CT molecular complexity index is 1140. The molecule has 0 radical (unpaired) electrons. The van der Waals surface area contributed by atoms with E-state index in [1.165, 1.54) is 6.20 Å². The van der Waals surface area contributed by atoms with Crippen LogP contribution < -0.4 is 16.4 Å². The molecule has 8 heteroatoms. The van der Waals surface area contributed by atoms with Crippen molar-refractivity contribution >= 4 is 17.1 Å². The van der Waals surface area contributed by atoms with Gasteiger partial charge in [-0.15, -0.1) is 0 Å². The number of fused-ring (bicyclic) bond motifs is 1. The van der Waals surface area contributed by atoms with E-state index in [1.807, 2.05) is 32.0 Å². The van der Waals surface area contributed by atoms with Gasteiger partial charge in [-0.1, -0.05) is 0 Å². The Labute approximate surface area is 181 Å². The van der Waals surface area contributed by atoms with Gasteiger partial charge in [-0.05, 0) is 63.8 Å². The third-order valence-corrected chi connectivity index (χ3v) is 5.59. The minimum atomic E-state index is -0.125. The van der Waals surface area contributed by atoms with Gasteiger partial charge in [0, 0.05) is 24.3 Å². The van der Waals surface area contributed by atoms with Gasteiger partial charge in [-0.25, -0.2) is 4.52 Å². The molecule has 1 aliphatic carbocycles. The maximum absolute atomic E-state index is 13.0. The van der Waals surface area contributed by atoms with E-state index in [0.29, 0.717) is 16.8 Å². The third kappa shape index (κ3) is 4.52. The number of hydrogen-bond donors (Lipinski definition) is 3. The first-order valence-electron chi connectivity index (χ1n) is 10.7. The zero-order chi connectivity index (χ0) is 22.0. The molecule has 0 bridgehead atoms.